The van der Waals surface area contributed by atoms with E-state index in [0.717, 1.165) is 13.0 Å². The van der Waals surface area contributed by atoms with Crippen LogP contribution in [0.2, 0.25) is 5.02 Å². The summed E-state index contributed by atoms with van der Waals surface area (Å²) in [5, 5.41) is 6.03. The molecule has 3 amide bonds. The van der Waals surface area contributed by atoms with Crippen LogP contribution in [0.15, 0.2) is 36.5 Å². The van der Waals surface area contributed by atoms with E-state index >= 15 is 0 Å². The number of imidazole rings is 1. The van der Waals surface area contributed by atoms with Gasteiger partial charge in [0.15, 0.2) is 17.4 Å². The van der Waals surface area contributed by atoms with Crippen LogP contribution in [0.25, 0.3) is 11.3 Å². The summed E-state index contributed by atoms with van der Waals surface area (Å²) in [5.74, 6) is -3.29. The number of ether oxygens (including phenoxy) is 1. The van der Waals surface area contributed by atoms with Crippen molar-refractivity contribution < 1.29 is 27.9 Å². The third-order valence-electron chi connectivity index (χ3n) is 7.48. The standard InChI is InChI=1S/C28H29ClF2N6O4/c1-35-21(19-5-6-22(41-2)24(31)23(19)30)15-33-25(35)26(38)34-17-3-4-18(20(29)13-17)28(40)37-11-9-36(10-12-37)27(39)16-7-8-32-14-16/h3-6,13,15-16,32H,7-12,14H2,1-2H3,(H,34,38). The number of hydrogen-bond acceptors (Lipinski definition) is 6. The number of benzene rings is 2. The SMILES string of the molecule is COc1ccc(-c2cnc(C(=O)Nc3ccc(C(=O)N4CCN(C(=O)C5CCNC5)CC4)c(Cl)c3)n2C)c(F)c1F. The number of nitrogens with zero attached hydrogens (tertiary/aromatic N) is 4. The normalized spacial score (nSPS) is 17.0. The molecular weight excluding hydrogens is 558 g/mol. The second-order valence-electron chi connectivity index (χ2n) is 9.93. The third kappa shape index (κ3) is 5.62. The maximum absolute atomic E-state index is 14.6. The summed E-state index contributed by atoms with van der Waals surface area (Å²) in [6.45, 7) is 3.27. The van der Waals surface area contributed by atoms with Gasteiger partial charge in [-0.05, 0) is 43.3 Å². The van der Waals surface area contributed by atoms with Gasteiger partial charge in [-0.15, -0.1) is 0 Å². The van der Waals surface area contributed by atoms with Crippen molar-refractivity contribution in [3.05, 3.63) is 64.6 Å². The molecule has 10 nitrogen and oxygen atoms in total. The van der Waals surface area contributed by atoms with E-state index in [1.54, 1.807) is 11.0 Å². The molecule has 2 aliphatic rings. The Labute approximate surface area is 240 Å². The van der Waals surface area contributed by atoms with Gasteiger partial charge in [0.25, 0.3) is 11.8 Å². The zero-order valence-electron chi connectivity index (χ0n) is 22.5. The first kappa shape index (κ1) is 28.5. The first-order valence-corrected chi connectivity index (χ1v) is 13.5. The van der Waals surface area contributed by atoms with Crippen LogP contribution in [0.5, 0.6) is 5.75 Å². The van der Waals surface area contributed by atoms with Gasteiger partial charge < -0.3 is 29.7 Å². The number of nitrogens with one attached hydrogen (secondary N) is 2. The van der Waals surface area contributed by atoms with E-state index in [2.05, 4.69) is 15.6 Å². The summed E-state index contributed by atoms with van der Waals surface area (Å²) in [4.78, 5) is 46.3. The number of aromatic nitrogens is 2. The van der Waals surface area contributed by atoms with Gasteiger partial charge in [0.05, 0.1) is 35.5 Å². The zero-order chi connectivity index (χ0) is 29.3. The maximum atomic E-state index is 14.6. The van der Waals surface area contributed by atoms with Crippen LogP contribution in [0, 0.1) is 17.6 Å². The smallest absolute Gasteiger partial charge is 0.291 e. The van der Waals surface area contributed by atoms with E-state index in [1.165, 1.54) is 49.2 Å². The zero-order valence-corrected chi connectivity index (χ0v) is 23.3. The Bertz CT molecular complexity index is 1500. The van der Waals surface area contributed by atoms with E-state index in [9.17, 15) is 23.2 Å². The second-order valence-corrected chi connectivity index (χ2v) is 10.3. The molecule has 0 aliphatic carbocycles. The Balaban J connectivity index is 1.23. The number of methoxy groups -OCH3 is 1. The van der Waals surface area contributed by atoms with Gasteiger partial charge in [-0.2, -0.15) is 4.39 Å². The molecule has 1 aromatic heterocycles. The average Bonchev–Trinajstić information content (AvgIpc) is 3.64. The number of halogens is 3. The molecule has 41 heavy (non-hydrogen) atoms. The van der Waals surface area contributed by atoms with Gasteiger partial charge in [-0.1, -0.05) is 11.6 Å². The summed E-state index contributed by atoms with van der Waals surface area (Å²) in [5.41, 5.74) is 0.711. The fraction of sp³-hybridized carbons (Fsp3) is 0.357. The summed E-state index contributed by atoms with van der Waals surface area (Å²) in [6, 6.07) is 7.17. The largest absolute Gasteiger partial charge is 0.494 e. The van der Waals surface area contributed by atoms with Crippen LogP contribution < -0.4 is 15.4 Å². The Morgan fingerprint density at radius 3 is 2.46 bits per heavy atom. The molecule has 0 bridgehead atoms. The number of piperazine rings is 1. The molecular formula is C28H29ClF2N6O4. The number of carbonyl (C=O) groups is 3. The lowest BCUT2D eigenvalue weighted by Crippen LogP contribution is -2.52. The first-order valence-electron chi connectivity index (χ1n) is 13.1. The molecule has 13 heteroatoms. The fourth-order valence-corrected chi connectivity index (χ4v) is 5.40. The van der Waals surface area contributed by atoms with Crippen LogP contribution in [-0.4, -0.2) is 83.5 Å². The van der Waals surface area contributed by atoms with Gasteiger partial charge >= 0.3 is 0 Å². The first-order chi connectivity index (χ1) is 19.7. The molecule has 3 heterocycles. The Kier molecular flexibility index (Phi) is 8.22. The number of hydrogen-bond donors (Lipinski definition) is 2. The predicted octanol–water partition coefficient (Wildman–Crippen LogP) is 3.17. The van der Waals surface area contributed by atoms with Gasteiger partial charge in [0.1, 0.15) is 0 Å². The van der Waals surface area contributed by atoms with Gasteiger partial charge in [0, 0.05) is 51.0 Å². The molecule has 2 N–H and O–H groups in total. The Morgan fingerprint density at radius 2 is 1.80 bits per heavy atom. The van der Waals surface area contributed by atoms with Gasteiger partial charge in [-0.3, -0.25) is 14.4 Å². The molecule has 3 aromatic rings. The van der Waals surface area contributed by atoms with Crippen molar-refractivity contribution in [1.29, 1.82) is 0 Å². The molecule has 5 rings (SSSR count). The summed E-state index contributed by atoms with van der Waals surface area (Å²) >= 11 is 6.43. The third-order valence-corrected chi connectivity index (χ3v) is 7.79. The fourth-order valence-electron chi connectivity index (χ4n) is 5.14. The lowest BCUT2D eigenvalue weighted by Gasteiger charge is -2.36. The molecule has 2 fully saturated rings. The minimum absolute atomic E-state index is 0.00147. The van der Waals surface area contributed by atoms with E-state index in [-0.39, 0.29) is 51.1 Å². The second kappa shape index (κ2) is 11.8. The van der Waals surface area contributed by atoms with Crippen molar-refractivity contribution >= 4 is 35.0 Å². The van der Waals surface area contributed by atoms with Crippen molar-refractivity contribution in [1.82, 2.24) is 24.7 Å². The topological polar surface area (TPSA) is 109 Å². The van der Waals surface area contributed by atoms with E-state index in [0.29, 0.717) is 38.4 Å². The number of amides is 3. The van der Waals surface area contributed by atoms with Gasteiger partial charge in [-0.25, -0.2) is 9.37 Å². The highest BCUT2D eigenvalue weighted by Crippen LogP contribution is 2.30. The summed E-state index contributed by atoms with van der Waals surface area (Å²) in [6.07, 6.45) is 2.10. The molecule has 0 radical (unpaired) electrons. The van der Waals surface area contributed by atoms with Crippen molar-refractivity contribution in [2.45, 2.75) is 6.42 Å². The Morgan fingerprint density at radius 1 is 1.07 bits per heavy atom. The van der Waals surface area contributed by atoms with Crippen LogP contribution in [0.4, 0.5) is 14.5 Å². The monoisotopic (exact) mass is 586 g/mol. The highest BCUT2D eigenvalue weighted by molar-refractivity contribution is 6.34. The number of anilines is 1. The minimum Gasteiger partial charge on any atom is -0.494 e. The molecule has 1 atom stereocenters. The van der Waals surface area contributed by atoms with Crippen LogP contribution in [-0.2, 0) is 11.8 Å². The van der Waals surface area contributed by atoms with Crippen LogP contribution in [0.3, 0.4) is 0 Å². The van der Waals surface area contributed by atoms with E-state index in [1.807, 2.05) is 4.90 Å². The molecule has 2 saturated heterocycles. The molecule has 216 valence electrons. The maximum Gasteiger partial charge on any atom is 0.291 e. The van der Waals surface area contributed by atoms with E-state index < -0.39 is 17.5 Å². The van der Waals surface area contributed by atoms with Crippen molar-refractivity contribution in [2.24, 2.45) is 13.0 Å². The van der Waals surface area contributed by atoms with Gasteiger partial charge in [0.2, 0.25) is 11.7 Å². The lowest BCUT2D eigenvalue weighted by atomic mass is 10.1. The predicted molar refractivity (Wildman–Crippen MR) is 148 cm³/mol. The van der Waals surface area contributed by atoms with E-state index in [4.69, 9.17) is 16.3 Å². The van der Waals surface area contributed by atoms with Crippen molar-refractivity contribution in [3.8, 4) is 17.0 Å². The average molecular weight is 587 g/mol. The highest BCUT2D eigenvalue weighted by Gasteiger charge is 2.31. The molecule has 0 saturated carbocycles. The lowest BCUT2D eigenvalue weighted by molar-refractivity contribution is -0.136. The van der Waals surface area contributed by atoms with Crippen molar-refractivity contribution in [3.63, 3.8) is 0 Å². The van der Waals surface area contributed by atoms with Crippen molar-refractivity contribution in [2.75, 3.05) is 51.7 Å². The van der Waals surface area contributed by atoms with Crippen LogP contribution >= 0.6 is 11.6 Å². The number of rotatable bonds is 6. The summed E-state index contributed by atoms with van der Waals surface area (Å²) in [7, 11) is 2.74. The highest BCUT2D eigenvalue weighted by atomic mass is 35.5. The minimum atomic E-state index is -1.14. The number of carbonyl (C=O) groups excluding carboxylic acids is 3. The Hall–Kier alpha value is -4.03. The molecule has 2 aromatic carbocycles. The summed E-state index contributed by atoms with van der Waals surface area (Å²) < 4.78 is 35.0. The molecule has 2 aliphatic heterocycles. The van der Waals surface area contributed by atoms with Crippen LogP contribution in [0.1, 0.15) is 27.4 Å². The quantitative estimate of drug-likeness (QED) is 0.459. The molecule has 0 spiro atoms. The molecule has 1 unspecified atom stereocenters.